The number of halogens is 5. The third-order valence-electron chi connectivity index (χ3n) is 5.47. The lowest BCUT2D eigenvalue weighted by atomic mass is 9.86. The maximum Gasteiger partial charge on any atom is 0.194 e. The lowest BCUT2D eigenvalue weighted by molar-refractivity contribution is 0.447. The van der Waals surface area contributed by atoms with E-state index in [1.807, 2.05) is 13.0 Å². The number of hydrogen-bond acceptors (Lipinski definition) is 0. The van der Waals surface area contributed by atoms with Gasteiger partial charge in [-0.15, -0.1) is 0 Å². The van der Waals surface area contributed by atoms with Gasteiger partial charge in [0.1, 0.15) is 11.6 Å². The predicted octanol–water partition coefficient (Wildman–Crippen LogP) is 7.49. The van der Waals surface area contributed by atoms with Gasteiger partial charge in [0.2, 0.25) is 0 Å². The number of fused-ring (bicyclic) bond motifs is 1. The summed E-state index contributed by atoms with van der Waals surface area (Å²) in [5.41, 5.74) is 3.12. The van der Waals surface area contributed by atoms with Crippen molar-refractivity contribution in [3.8, 4) is 11.1 Å². The molecule has 0 aliphatic heterocycles. The Kier molecular flexibility index (Phi) is 5.46. The van der Waals surface area contributed by atoms with Crippen LogP contribution in [-0.2, 0) is 12.8 Å². The van der Waals surface area contributed by atoms with E-state index >= 15 is 4.39 Å². The molecule has 0 saturated carbocycles. The highest BCUT2D eigenvalue weighted by atomic mass is 19.2. The molecule has 3 aromatic carbocycles. The van der Waals surface area contributed by atoms with E-state index in [2.05, 4.69) is 0 Å². The summed E-state index contributed by atoms with van der Waals surface area (Å²) in [5.74, 6) is -5.23. The zero-order chi connectivity index (χ0) is 21.4. The normalized spacial score (nSPS) is 13.2. The van der Waals surface area contributed by atoms with Gasteiger partial charge in [-0.05, 0) is 65.3 Å². The van der Waals surface area contributed by atoms with Crippen LogP contribution in [0.25, 0.3) is 22.8 Å². The molecule has 0 spiro atoms. The molecule has 0 aromatic heterocycles. The van der Waals surface area contributed by atoms with Crippen LogP contribution in [0.3, 0.4) is 0 Å². The fourth-order valence-electron chi connectivity index (χ4n) is 3.95. The summed E-state index contributed by atoms with van der Waals surface area (Å²) in [6.45, 7) is 2.03. The van der Waals surface area contributed by atoms with Gasteiger partial charge in [0, 0.05) is 11.1 Å². The van der Waals surface area contributed by atoms with E-state index in [1.54, 1.807) is 18.2 Å². The van der Waals surface area contributed by atoms with E-state index in [9.17, 15) is 17.6 Å². The quantitative estimate of drug-likeness (QED) is 0.306. The highest BCUT2D eigenvalue weighted by Crippen LogP contribution is 2.37. The van der Waals surface area contributed by atoms with E-state index in [4.69, 9.17) is 0 Å². The van der Waals surface area contributed by atoms with Gasteiger partial charge in [-0.1, -0.05) is 43.7 Å². The number of hydrogen-bond donors (Lipinski definition) is 0. The van der Waals surface area contributed by atoms with E-state index in [0.29, 0.717) is 29.5 Å². The second-order valence-corrected chi connectivity index (χ2v) is 7.48. The Morgan fingerprint density at radius 1 is 0.733 bits per heavy atom. The summed E-state index contributed by atoms with van der Waals surface area (Å²) in [6.07, 6.45) is 4.23. The Bertz CT molecular complexity index is 1140. The second-order valence-electron chi connectivity index (χ2n) is 7.48. The molecular formula is C25H19F5. The van der Waals surface area contributed by atoms with Crippen LogP contribution in [0.4, 0.5) is 22.0 Å². The zero-order valence-corrected chi connectivity index (χ0v) is 16.3. The largest absolute Gasteiger partial charge is 0.206 e. The molecule has 0 amide bonds. The fourth-order valence-corrected chi connectivity index (χ4v) is 3.95. The van der Waals surface area contributed by atoms with Crippen LogP contribution in [0.2, 0.25) is 0 Å². The van der Waals surface area contributed by atoms with Crippen molar-refractivity contribution in [1.82, 2.24) is 0 Å². The van der Waals surface area contributed by atoms with Crippen molar-refractivity contribution in [3.05, 3.63) is 93.8 Å². The van der Waals surface area contributed by atoms with Crippen molar-refractivity contribution in [2.24, 2.45) is 0 Å². The summed E-state index contributed by atoms with van der Waals surface area (Å²) >= 11 is 0. The topological polar surface area (TPSA) is 0 Å². The van der Waals surface area contributed by atoms with Gasteiger partial charge < -0.3 is 0 Å². The standard InChI is InChI=1S/C25H19F5/c1-2-3-14-4-7-18(21(26)10-14)15-5-8-19-16(11-15)6-9-20(24(19)29)17-12-22(27)25(30)23(28)13-17/h4,6-7,9-13H,2-3,5,8H2,1H3. The second kappa shape index (κ2) is 8.05. The molecule has 0 atom stereocenters. The Morgan fingerprint density at radius 3 is 2.10 bits per heavy atom. The van der Waals surface area contributed by atoms with E-state index < -0.39 is 23.3 Å². The summed E-state index contributed by atoms with van der Waals surface area (Å²) in [6, 6.07) is 9.79. The zero-order valence-electron chi connectivity index (χ0n) is 16.3. The molecule has 0 bridgehead atoms. The number of rotatable bonds is 4. The Balaban J connectivity index is 1.72. The van der Waals surface area contributed by atoms with Gasteiger partial charge in [0.15, 0.2) is 17.5 Å². The van der Waals surface area contributed by atoms with Crippen LogP contribution in [-0.4, -0.2) is 0 Å². The highest BCUT2D eigenvalue weighted by molar-refractivity contribution is 5.85. The smallest absolute Gasteiger partial charge is 0.194 e. The first-order valence-corrected chi connectivity index (χ1v) is 9.84. The number of aryl methyl sites for hydroxylation is 1. The van der Waals surface area contributed by atoms with E-state index in [0.717, 1.165) is 36.1 Å². The molecule has 0 radical (unpaired) electrons. The molecule has 154 valence electrons. The number of allylic oxidation sites excluding steroid dienone is 1. The first kappa shape index (κ1) is 20.3. The Hall–Kier alpha value is -2.95. The lowest BCUT2D eigenvalue weighted by Crippen LogP contribution is -2.05. The Labute approximate surface area is 171 Å². The maximum atomic E-state index is 15.1. The molecule has 1 aliphatic rings. The minimum Gasteiger partial charge on any atom is -0.206 e. The SMILES string of the molecule is CCCc1ccc(C2=Cc3ccc(-c4cc(F)c(F)c(F)c4)c(F)c3CC2)c(F)c1. The van der Waals surface area contributed by atoms with Crippen LogP contribution >= 0.6 is 0 Å². The fraction of sp³-hybridized carbons (Fsp3) is 0.200. The van der Waals surface area contributed by atoms with Crippen molar-refractivity contribution in [1.29, 1.82) is 0 Å². The average Bonchev–Trinajstić information content (AvgIpc) is 2.72. The van der Waals surface area contributed by atoms with Crippen LogP contribution in [0, 0.1) is 29.1 Å². The molecule has 5 heteroatoms. The van der Waals surface area contributed by atoms with Crippen LogP contribution in [0.15, 0.2) is 42.5 Å². The first-order valence-electron chi connectivity index (χ1n) is 9.84. The third-order valence-corrected chi connectivity index (χ3v) is 5.47. The van der Waals surface area contributed by atoms with Crippen molar-refractivity contribution in [3.63, 3.8) is 0 Å². The third kappa shape index (κ3) is 3.64. The minimum absolute atomic E-state index is 0.00139. The summed E-state index contributed by atoms with van der Waals surface area (Å²) in [7, 11) is 0. The molecule has 0 nitrogen and oxygen atoms in total. The van der Waals surface area contributed by atoms with Gasteiger partial charge in [0.25, 0.3) is 0 Å². The first-order chi connectivity index (χ1) is 14.4. The van der Waals surface area contributed by atoms with Crippen LogP contribution in [0.1, 0.15) is 42.0 Å². The van der Waals surface area contributed by atoms with Gasteiger partial charge in [-0.3, -0.25) is 0 Å². The van der Waals surface area contributed by atoms with Gasteiger partial charge in [0.05, 0.1) is 0 Å². The van der Waals surface area contributed by atoms with Crippen molar-refractivity contribution >= 4 is 11.6 Å². The Morgan fingerprint density at radius 2 is 1.43 bits per heavy atom. The minimum atomic E-state index is -1.59. The van der Waals surface area contributed by atoms with E-state index in [1.165, 1.54) is 12.1 Å². The molecule has 1 aliphatic carbocycles. The highest BCUT2D eigenvalue weighted by Gasteiger charge is 2.21. The lowest BCUT2D eigenvalue weighted by Gasteiger charge is -2.20. The molecule has 0 unspecified atom stereocenters. The summed E-state index contributed by atoms with van der Waals surface area (Å²) < 4.78 is 70.1. The molecular weight excluding hydrogens is 395 g/mol. The molecule has 4 rings (SSSR count). The number of benzene rings is 3. The average molecular weight is 414 g/mol. The molecule has 30 heavy (non-hydrogen) atoms. The van der Waals surface area contributed by atoms with Crippen LogP contribution in [0.5, 0.6) is 0 Å². The molecule has 0 heterocycles. The van der Waals surface area contributed by atoms with Crippen molar-refractivity contribution in [2.45, 2.75) is 32.6 Å². The summed E-state index contributed by atoms with van der Waals surface area (Å²) in [4.78, 5) is 0. The van der Waals surface area contributed by atoms with Gasteiger partial charge in [-0.25, -0.2) is 22.0 Å². The maximum absolute atomic E-state index is 15.1. The summed E-state index contributed by atoms with van der Waals surface area (Å²) in [5, 5.41) is 0. The van der Waals surface area contributed by atoms with Crippen molar-refractivity contribution < 1.29 is 22.0 Å². The van der Waals surface area contributed by atoms with Crippen molar-refractivity contribution in [2.75, 3.05) is 0 Å². The monoisotopic (exact) mass is 414 g/mol. The predicted molar refractivity (Wildman–Crippen MR) is 108 cm³/mol. The molecule has 0 saturated heterocycles. The molecule has 0 fully saturated rings. The van der Waals surface area contributed by atoms with Gasteiger partial charge >= 0.3 is 0 Å². The van der Waals surface area contributed by atoms with Crippen LogP contribution < -0.4 is 0 Å². The van der Waals surface area contributed by atoms with E-state index in [-0.39, 0.29) is 16.9 Å². The van der Waals surface area contributed by atoms with Gasteiger partial charge in [-0.2, -0.15) is 0 Å². The molecule has 3 aromatic rings. The molecule has 0 N–H and O–H groups in total.